The van der Waals surface area contributed by atoms with E-state index in [1.807, 2.05) is 0 Å². The number of hydrogen-bond donors (Lipinski definition) is 3. The molecule has 16 heavy (non-hydrogen) atoms. The van der Waals surface area contributed by atoms with Gasteiger partial charge in [0.25, 0.3) is 0 Å². The number of hydrogen-bond acceptors (Lipinski definition) is 5. The van der Waals surface area contributed by atoms with Gasteiger partial charge in [-0.25, -0.2) is 13.1 Å². The molecule has 1 aromatic heterocycles. The summed E-state index contributed by atoms with van der Waals surface area (Å²) in [5, 5.41) is 18.4. The van der Waals surface area contributed by atoms with E-state index in [1.165, 1.54) is 12.3 Å². The van der Waals surface area contributed by atoms with Crippen LogP contribution in [0.3, 0.4) is 0 Å². The summed E-state index contributed by atoms with van der Waals surface area (Å²) in [6.45, 7) is 0. The van der Waals surface area contributed by atoms with E-state index in [4.69, 9.17) is 5.11 Å². The van der Waals surface area contributed by atoms with Crippen molar-refractivity contribution in [3.05, 3.63) is 18.5 Å². The lowest BCUT2D eigenvalue weighted by molar-refractivity contribution is 0.0712. The molecule has 0 amide bonds. The molecule has 7 heteroatoms. The van der Waals surface area contributed by atoms with Gasteiger partial charge >= 0.3 is 0 Å². The van der Waals surface area contributed by atoms with Gasteiger partial charge in [0.1, 0.15) is 4.90 Å². The molecule has 0 spiro atoms. The summed E-state index contributed by atoms with van der Waals surface area (Å²) in [6.07, 6.45) is 2.75. The predicted octanol–water partition coefficient (Wildman–Crippen LogP) is -0.411. The van der Waals surface area contributed by atoms with Crippen LogP contribution < -0.4 is 4.72 Å². The van der Waals surface area contributed by atoms with E-state index in [2.05, 4.69) is 9.71 Å². The molecule has 1 aromatic rings. The number of rotatable bonds is 3. The van der Waals surface area contributed by atoms with Gasteiger partial charge in [0.05, 0.1) is 12.3 Å². The summed E-state index contributed by atoms with van der Waals surface area (Å²) in [7, 11) is -3.73. The van der Waals surface area contributed by atoms with Crippen molar-refractivity contribution in [2.45, 2.75) is 29.9 Å². The Morgan fingerprint density at radius 2 is 2.12 bits per heavy atom. The molecule has 1 fully saturated rings. The molecule has 1 aliphatic rings. The van der Waals surface area contributed by atoms with Crippen LogP contribution in [0.4, 0.5) is 0 Å². The monoisotopic (exact) mass is 244 g/mol. The van der Waals surface area contributed by atoms with Crippen molar-refractivity contribution in [3.63, 3.8) is 0 Å². The van der Waals surface area contributed by atoms with Crippen LogP contribution >= 0.6 is 0 Å². The predicted molar refractivity (Wildman–Crippen MR) is 55.3 cm³/mol. The van der Waals surface area contributed by atoms with E-state index in [0.717, 1.165) is 6.20 Å². The van der Waals surface area contributed by atoms with Gasteiger partial charge in [0.15, 0.2) is 5.75 Å². The highest BCUT2D eigenvalue weighted by Crippen LogP contribution is 2.25. The van der Waals surface area contributed by atoms with Crippen LogP contribution in [0.1, 0.15) is 12.8 Å². The SMILES string of the molecule is O=S(=O)(NC1CC(O)C1)c1ccncc1O. The number of aromatic nitrogens is 1. The Labute approximate surface area is 93.0 Å². The van der Waals surface area contributed by atoms with Crippen molar-refractivity contribution >= 4 is 10.0 Å². The molecule has 0 bridgehead atoms. The average Bonchev–Trinajstić information content (AvgIpc) is 2.15. The largest absolute Gasteiger partial charge is 0.505 e. The quantitative estimate of drug-likeness (QED) is 0.671. The number of nitrogens with zero attached hydrogens (tertiary/aromatic N) is 1. The average molecular weight is 244 g/mol. The first-order chi connectivity index (χ1) is 7.49. The lowest BCUT2D eigenvalue weighted by Gasteiger charge is -2.31. The van der Waals surface area contributed by atoms with Crippen LogP contribution in [0, 0.1) is 0 Å². The summed E-state index contributed by atoms with van der Waals surface area (Å²) >= 11 is 0. The standard InChI is InChI=1S/C9H12N2O4S/c12-7-3-6(4-7)11-16(14,15)9-1-2-10-5-8(9)13/h1-2,5-7,11-13H,3-4H2. The van der Waals surface area contributed by atoms with Crippen LogP contribution in [0.25, 0.3) is 0 Å². The Hall–Kier alpha value is -1.18. The lowest BCUT2D eigenvalue weighted by Crippen LogP contribution is -2.46. The molecule has 0 aliphatic heterocycles. The second-order valence-electron chi connectivity index (χ2n) is 3.79. The minimum absolute atomic E-state index is 0.191. The molecule has 0 radical (unpaired) electrons. The number of sulfonamides is 1. The van der Waals surface area contributed by atoms with Gasteiger partial charge in [-0.3, -0.25) is 4.98 Å². The second-order valence-corrected chi connectivity index (χ2v) is 5.47. The highest BCUT2D eigenvalue weighted by Gasteiger charge is 2.32. The van der Waals surface area contributed by atoms with Crippen LogP contribution in [0.15, 0.2) is 23.4 Å². The van der Waals surface area contributed by atoms with Crippen LogP contribution in [0.5, 0.6) is 5.75 Å². The molecule has 2 rings (SSSR count). The van der Waals surface area contributed by atoms with Crippen LogP contribution in [0.2, 0.25) is 0 Å². The van der Waals surface area contributed by atoms with E-state index in [0.29, 0.717) is 12.8 Å². The Kier molecular flexibility index (Phi) is 2.83. The third kappa shape index (κ3) is 2.16. The van der Waals surface area contributed by atoms with Gasteiger partial charge in [-0.15, -0.1) is 0 Å². The fourth-order valence-electron chi connectivity index (χ4n) is 1.57. The fourth-order valence-corrected chi connectivity index (χ4v) is 2.89. The van der Waals surface area contributed by atoms with Crippen molar-refractivity contribution in [3.8, 4) is 5.75 Å². The lowest BCUT2D eigenvalue weighted by atomic mass is 9.91. The number of pyridine rings is 1. The first-order valence-corrected chi connectivity index (χ1v) is 6.31. The summed E-state index contributed by atoms with van der Waals surface area (Å²) in [5.74, 6) is -0.380. The molecule has 88 valence electrons. The highest BCUT2D eigenvalue weighted by molar-refractivity contribution is 7.89. The van der Waals surface area contributed by atoms with Crippen molar-refractivity contribution in [1.82, 2.24) is 9.71 Å². The van der Waals surface area contributed by atoms with Gasteiger partial charge in [-0.1, -0.05) is 0 Å². The minimum Gasteiger partial charge on any atom is -0.505 e. The first kappa shape index (κ1) is 11.3. The van der Waals surface area contributed by atoms with Crippen molar-refractivity contribution < 1.29 is 18.6 Å². The molecule has 0 saturated heterocycles. The van der Waals surface area contributed by atoms with Crippen molar-refractivity contribution in [2.75, 3.05) is 0 Å². The van der Waals surface area contributed by atoms with E-state index in [9.17, 15) is 13.5 Å². The highest BCUT2D eigenvalue weighted by atomic mass is 32.2. The summed E-state index contributed by atoms with van der Waals surface area (Å²) < 4.78 is 26.0. The molecule has 0 aromatic carbocycles. The first-order valence-electron chi connectivity index (χ1n) is 4.82. The van der Waals surface area contributed by atoms with E-state index >= 15 is 0 Å². The number of nitrogens with one attached hydrogen (secondary N) is 1. The van der Waals surface area contributed by atoms with Crippen molar-refractivity contribution in [2.24, 2.45) is 0 Å². The van der Waals surface area contributed by atoms with Gasteiger partial charge in [0, 0.05) is 12.2 Å². The van der Waals surface area contributed by atoms with Crippen LogP contribution in [-0.2, 0) is 10.0 Å². The smallest absolute Gasteiger partial charge is 0.244 e. The zero-order chi connectivity index (χ0) is 11.8. The Bertz CT molecular complexity index is 482. The summed E-state index contributed by atoms with van der Waals surface area (Å²) in [5.41, 5.74) is 0. The molecular formula is C9H12N2O4S. The third-order valence-corrected chi connectivity index (χ3v) is 4.05. The minimum atomic E-state index is -3.73. The Balaban J connectivity index is 2.16. The van der Waals surface area contributed by atoms with Crippen LogP contribution in [-0.4, -0.2) is 35.8 Å². The topological polar surface area (TPSA) is 99.5 Å². The maximum absolute atomic E-state index is 11.8. The fraction of sp³-hybridized carbons (Fsp3) is 0.444. The van der Waals surface area contributed by atoms with Crippen molar-refractivity contribution in [1.29, 1.82) is 0 Å². The van der Waals surface area contributed by atoms with Gasteiger partial charge < -0.3 is 10.2 Å². The molecule has 6 nitrogen and oxygen atoms in total. The maximum atomic E-state index is 11.8. The Morgan fingerprint density at radius 1 is 1.44 bits per heavy atom. The summed E-state index contributed by atoms with van der Waals surface area (Å²) in [4.78, 5) is 3.41. The second kappa shape index (κ2) is 4.00. The molecule has 0 unspecified atom stereocenters. The Morgan fingerprint density at radius 3 is 2.69 bits per heavy atom. The molecule has 1 saturated carbocycles. The summed E-state index contributed by atoms with van der Waals surface area (Å²) in [6, 6.07) is 0.972. The number of aliphatic hydroxyl groups excluding tert-OH is 1. The van der Waals surface area contributed by atoms with Gasteiger partial charge in [-0.05, 0) is 18.9 Å². The molecule has 1 heterocycles. The third-order valence-electron chi connectivity index (χ3n) is 2.49. The molecule has 1 aliphatic carbocycles. The van der Waals surface area contributed by atoms with E-state index in [-0.39, 0.29) is 16.7 Å². The normalized spacial score (nSPS) is 25.1. The van der Waals surface area contributed by atoms with Gasteiger partial charge in [-0.2, -0.15) is 0 Å². The number of aromatic hydroxyl groups is 1. The molecule has 3 N–H and O–H groups in total. The van der Waals surface area contributed by atoms with Gasteiger partial charge in [0.2, 0.25) is 10.0 Å². The maximum Gasteiger partial charge on any atom is 0.244 e. The molecule has 0 atom stereocenters. The molecular weight excluding hydrogens is 232 g/mol. The van der Waals surface area contributed by atoms with E-state index < -0.39 is 16.1 Å². The van der Waals surface area contributed by atoms with E-state index in [1.54, 1.807) is 0 Å². The zero-order valence-electron chi connectivity index (χ0n) is 8.37. The number of aliphatic hydroxyl groups is 1. The zero-order valence-corrected chi connectivity index (χ0v) is 9.18.